The zero-order valence-corrected chi connectivity index (χ0v) is 21.8. The second-order valence-electron chi connectivity index (χ2n) is 9.24. The van der Waals surface area contributed by atoms with Crippen LogP contribution in [0.5, 0.6) is 0 Å². The fraction of sp³-hybridized carbons (Fsp3) is 0.462. The van der Waals surface area contributed by atoms with Gasteiger partial charge in [-0.05, 0) is 55.1 Å². The predicted molar refractivity (Wildman–Crippen MR) is 140 cm³/mol. The molecule has 1 saturated heterocycles. The van der Waals surface area contributed by atoms with E-state index >= 15 is 0 Å². The van der Waals surface area contributed by atoms with Crippen LogP contribution in [-0.4, -0.2) is 74.5 Å². The lowest BCUT2D eigenvalue weighted by Crippen LogP contribution is -2.44. The lowest BCUT2D eigenvalue weighted by atomic mass is 9.93. The number of nitriles is 1. The Morgan fingerprint density at radius 2 is 1.73 bits per heavy atom. The van der Waals surface area contributed by atoms with Crippen molar-refractivity contribution in [1.82, 2.24) is 19.8 Å². The Kier molecular flexibility index (Phi) is 10.6. The fourth-order valence-electron chi connectivity index (χ4n) is 4.63. The first-order valence-corrected chi connectivity index (χ1v) is 13.4. The van der Waals surface area contributed by atoms with Gasteiger partial charge in [0.25, 0.3) is 0 Å². The minimum absolute atomic E-state index is 0.131. The summed E-state index contributed by atoms with van der Waals surface area (Å²) in [7, 11) is -2.96. The van der Waals surface area contributed by atoms with E-state index in [9.17, 15) is 22.8 Å². The Balaban J connectivity index is 1.46. The van der Waals surface area contributed by atoms with Gasteiger partial charge in [0.05, 0.1) is 32.1 Å². The van der Waals surface area contributed by atoms with E-state index in [-0.39, 0.29) is 44.6 Å². The van der Waals surface area contributed by atoms with E-state index in [4.69, 9.17) is 5.26 Å². The minimum atomic E-state index is -2.96. The number of carbonyl (C=O) groups is 3. The molecule has 1 atom stereocenters. The highest BCUT2D eigenvalue weighted by molar-refractivity contribution is 7.69. The topological polar surface area (TPSA) is 140 Å². The molecule has 1 fully saturated rings. The van der Waals surface area contributed by atoms with Gasteiger partial charge in [0.2, 0.25) is 22.7 Å². The molecule has 3 rings (SSSR count). The molecule has 0 radical (unpaired) electrons. The molecule has 198 valence electrons. The first-order valence-electron chi connectivity index (χ1n) is 12.3. The van der Waals surface area contributed by atoms with Crippen molar-refractivity contribution in [2.24, 2.45) is 5.92 Å². The Bertz CT molecular complexity index is 1220. The molecule has 0 spiro atoms. The molecular weight excluding hydrogens is 494 g/mol. The van der Waals surface area contributed by atoms with E-state index in [2.05, 4.69) is 52.8 Å². The first kappa shape index (κ1) is 28.2. The maximum atomic E-state index is 12.2. The number of piperidine rings is 1. The van der Waals surface area contributed by atoms with Crippen LogP contribution in [0.15, 0.2) is 42.5 Å². The number of nitrogens with one attached hydrogen (secondary N) is 2. The van der Waals surface area contributed by atoms with Crippen molar-refractivity contribution in [2.45, 2.75) is 32.2 Å². The summed E-state index contributed by atoms with van der Waals surface area (Å²) in [5.41, 5.74) is 1.27. The van der Waals surface area contributed by atoms with Crippen molar-refractivity contribution in [3.63, 3.8) is 0 Å². The quantitative estimate of drug-likeness (QED) is 0.352. The Hall–Kier alpha value is -3.33. The maximum absolute atomic E-state index is 12.2. The van der Waals surface area contributed by atoms with E-state index in [1.165, 1.54) is 16.3 Å². The summed E-state index contributed by atoms with van der Waals surface area (Å²) in [6.07, 6.45) is 1.32. The van der Waals surface area contributed by atoms with Crippen LogP contribution in [0.25, 0.3) is 10.8 Å². The number of hydrogen-bond donors (Lipinski definition) is 3. The molecule has 1 aliphatic rings. The van der Waals surface area contributed by atoms with Crippen molar-refractivity contribution in [1.29, 1.82) is 5.26 Å². The van der Waals surface area contributed by atoms with Gasteiger partial charge in [0, 0.05) is 12.6 Å². The second kappa shape index (κ2) is 13.8. The number of nitrogens with zero attached hydrogens (tertiary/aromatic N) is 3. The van der Waals surface area contributed by atoms with Crippen molar-refractivity contribution in [3.05, 3.63) is 48.0 Å². The van der Waals surface area contributed by atoms with Gasteiger partial charge in [-0.3, -0.25) is 19.3 Å². The van der Waals surface area contributed by atoms with Crippen LogP contribution >= 0.6 is 0 Å². The summed E-state index contributed by atoms with van der Waals surface area (Å²) in [6.45, 7) is 3.06. The lowest BCUT2D eigenvalue weighted by molar-refractivity contribution is -0.127. The molecule has 0 aromatic heterocycles. The van der Waals surface area contributed by atoms with Crippen molar-refractivity contribution in [3.8, 4) is 6.07 Å². The van der Waals surface area contributed by atoms with Crippen LogP contribution in [0.4, 0.5) is 0 Å². The van der Waals surface area contributed by atoms with E-state index in [0.717, 1.165) is 30.2 Å². The van der Waals surface area contributed by atoms with Crippen LogP contribution in [-0.2, 0) is 25.3 Å². The average molecular weight is 528 g/mol. The SMILES string of the molecule is CC(c1cccc2ccccc12)N1CCC(CN(CC(=O)NCC(=O)NCC(=O)CC#N)[SH](=O)=O)CC1. The van der Waals surface area contributed by atoms with Crippen LogP contribution in [0.2, 0.25) is 0 Å². The largest absolute Gasteiger partial charge is 0.347 e. The van der Waals surface area contributed by atoms with E-state index in [1.54, 1.807) is 6.07 Å². The molecule has 0 saturated carbocycles. The molecule has 2 amide bonds. The van der Waals surface area contributed by atoms with Gasteiger partial charge in [-0.25, -0.2) is 8.42 Å². The number of amides is 2. The van der Waals surface area contributed by atoms with Crippen LogP contribution < -0.4 is 10.6 Å². The first-order chi connectivity index (χ1) is 17.8. The normalized spacial score (nSPS) is 15.4. The number of fused-ring (bicyclic) bond motifs is 1. The van der Waals surface area contributed by atoms with Crippen LogP contribution in [0.1, 0.15) is 37.8 Å². The number of thiol groups is 1. The number of rotatable bonds is 12. The predicted octanol–water partition coefficient (Wildman–Crippen LogP) is 1.16. The van der Waals surface area contributed by atoms with E-state index in [1.807, 2.05) is 12.1 Å². The van der Waals surface area contributed by atoms with Gasteiger partial charge < -0.3 is 10.6 Å². The standard InChI is InChI=1S/C26H33N5O5S/c1-19(23-8-4-6-21-5-2-3-7-24(21)23)30-13-10-20(11-14-30)17-31(37(35)36)18-26(34)29-16-25(33)28-15-22(32)9-12-27/h2-8,19-20,37H,9-11,13-18H2,1H3,(H,28,33)(H,29,34). The van der Waals surface area contributed by atoms with Crippen LogP contribution in [0, 0.1) is 17.2 Å². The molecule has 11 heteroatoms. The third-order valence-electron chi connectivity index (χ3n) is 6.70. The third-order valence-corrected chi connectivity index (χ3v) is 7.47. The van der Waals surface area contributed by atoms with Crippen molar-refractivity contribution >= 4 is 39.3 Å². The van der Waals surface area contributed by atoms with Gasteiger partial charge in [0.15, 0.2) is 5.78 Å². The van der Waals surface area contributed by atoms with Crippen LogP contribution in [0.3, 0.4) is 0 Å². The summed E-state index contributed by atoms with van der Waals surface area (Å²) >= 11 is 0. The molecule has 0 bridgehead atoms. The van der Waals surface area contributed by atoms with Gasteiger partial charge >= 0.3 is 0 Å². The van der Waals surface area contributed by atoms with Crippen molar-refractivity contribution < 1.29 is 22.8 Å². The highest BCUT2D eigenvalue weighted by atomic mass is 32.2. The van der Waals surface area contributed by atoms with Gasteiger partial charge in [0.1, 0.15) is 0 Å². The Morgan fingerprint density at radius 3 is 2.43 bits per heavy atom. The average Bonchev–Trinajstić information content (AvgIpc) is 2.90. The smallest absolute Gasteiger partial charge is 0.239 e. The molecule has 10 nitrogen and oxygen atoms in total. The van der Waals surface area contributed by atoms with Gasteiger partial charge in [-0.1, -0.05) is 42.5 Å². The number of likely N-dealkylation sites (tertiary alicyclic amines) is 1. The van der Waals surface area contributed by atoms with E-state index in [0.29, 0.717) is 0 Å². The second-order valence-corrected chi connectivity index (χ2v) is 10.3. The number of hydrogen-bond acceptors (Lipinski definition) is 7. The number of carbonyl (C=O) groups excluding carboxylic acids is 3. The fourth-order valence-corrected chi connectivity index (χ4v) is 5.24. The van der Waals surface area contributed by atoms with Gasteiger partial charge in [-0.2, -0.15) is 9.57 Å². The Morgan fingerprint density at radius 1 is 1.05 bits per heavy atom. The minimum Gasteiger partial charge on any atom is -0.347 e. The van der Waals surface area contributed by atoms with Crippen molar-refractivity contribution in [2.75, 3.05) is 39.3 Å². The Labute approximate surface area is 218 Å². The molecule has 2 aromatic rings. The van der Waals surface area contributed by atoms with E-state index < -0.39 is 28.5 Å². The molecular formula is C26H33N5O5S. The van der Waals surface area contributed by atoms with Gasteiger partial charge in [-0.15, -0.1) is 0 Å². The zero-order valence-electron chi connectivity index (χ0n) is 20.9. The monoisotopic (exact) mass is 527 g/mol. The molecule has 1 unspecified atom stereocenters. The molecule has 2 N–H and O–H groups in total. The number of benzene rings is 2. The summed E-state index contributed by atoms with van der Waals surface area (Å²) < 4.78 is 24.7. The molecule has 37 heavy (non-hydrogen) atoms. The molecule has 0 aliphatic carbocycles. The highest BCUT2D eigenvalue weighted by Crippen LogP contribution is 2.31. The highest BCUT2D eigenvalue weighted by Gasteiger charge is 2.27. The molecule has 2 aromatic carbocycles. The zero-order chi connectivity index (χ0) is 26.8. The molecule has 1 aliphatic heterocycles. The maximum Gasteiger partial charge on any atom is 0.239 e. The number of Topliss-reactive ketones (excluding diaryl/α,β-unsaturated/α-hetero) is 1. The number of ketones is 1. The summed E-state index contributed by atoms with van der Waals surface area (Å²) in [5, 5.41) is 15.6. The molecule has 1 heterocycles. The summed E-state index contributed by atoms with van der Waals surface area (Å²) in [6, 6.07) is 16.6. The third kappa shape index (κ3) is 8.35. The lowest BCUT2D eigenvalue weighted by Gasteiger charge is -2.37. The summed E-state index contributed by atoms with van der Waals surface area (Å²) in [5.74, 6) is -1.49. The summed E-state index contributed by atoms with van der Waals surface area (Å²) in [4.78, 5) is 37.7.